The molecule has 30 heavy (non-hydrogen) atoms. The van der Waals surface area contributed by atoms with Gasteiger partial charge < -0.3 is 24.4 Å². The van der Waals surface area contributed by atoms with Crippen molar-refractivity contribution in [3.8, 4) is 11.5 Å². The van der Waals surface area contributed by atoms with Gasteiger partial charge in [-0.3, -0.25) is 9.59 Å². The standard InChI is InChI=1S/C22H22N2O6/c1-14(15-8-9-18-19(11-15)30-13-29-18)23-20(25)12-28-22(27)16-5-2-3-6-17(16)24-10-4-7-21(24)26/h2-3,5-6,8-9,11,14H,4,7,10,12-13H2,1H3,(H,23,25)/t14-/m1/s1. The quantitative estimate of drug-likeness (QED) is 0.736. The van der Waals surface area contributed by atoms with Gasteiger partial charge in [0.25, 0.3) is 5.91 Å². The fraction of sp³-hybridized carbons (Fsp3) is 0.318. The highest BCUT2D eigenvalue weighted by molar-refractivity contribution is 6.03. The van der Waals surface area contributed by atoms with Gasteiger partial charge in [-0.25, -0.2) is 4.79 Å². The van der Waals surface area contributed by atoms with E-state index in [2.05, 4.69) is 5.32 Å². The molecule has 0 unspecified atom stereocenters. The molecule has 2 heterocycles. The maximum Gasteiger partial charge on any atom is 0.340 e. The molecule has 2 aliphatic rings. The van der Waals surface area contributed by atoms with Crippen LogP contribution in [0.5, 0.6) is 11.5 Å². The van der Waals surface area contributed by atoms with Crippen molar-refractivity contribution in [1.82, 2.24) is 5.32 Å². The minimum Gasteiger partial charge on any atom is -0.454 e. The number of carbonyl (C=O) groups is 3. The average Bonchev–Trinajstić information content (AvgIpc) is 3.40. The van der Waals surface area contributed by atoms with E-state index in [9.17, 15) is 14.4 Å². The second-order valence-electron chi connectivity index (χ2n) is 7.14. The summed E-state index contributed by atoms with van der Waals surface area (Å²) in [5, 5.41) is 2.79. The summed E-state index contributed by atoms with van der Waals surface area (Å²) in [7, 11) is 0. The SMILES string of the molecule is C[C@@H](NC(=O)COC(=O)c1ccccc1N1CCCC1=O)c1ccc2c(c1)OCO2. The number of benzene rings is 2. The highest BCUT2D eigenvalue weighted by atomic mass is 16.7. The molecule has 2 aromatic rings. The van der Waals surface area contributed by atoms with Crippen molar-refractivity contribution in [1.29, 1.82) is 0 Å². The van der Waals surface area contributed by atoms with Gasteiger partial charge in [0.1, 0.15) is 0 Å². The number of anilines is 1. The van der Waals surface area contributed by atoms with Gasteiger partial charge in [0.15, 0.2) is 18.1 Å². The molecule has 8 heteroatoms. The number of fused-ring (bicyclic) bond motifs is 1. The molecule has 0 spiro atoms. The van der Waals surface area contributed by atoms with Crippen molar-refractivity contribution < 1.29 is 28.6 Å². The minimum atomic E-state index is -0.642. The smallest absolute Gasteiger partial charge is 0.340 e. The third kappa shape index (κ3) is 4.07. The van der Waals surface area contributed by atoms with Crippen LogP contribution >= 0.6 is 0 Å². The van der Waals surface area contributed by atoms with Crippen molar-refractivity contribution in [2.24, 2.45) is 0 Å². The van der Waals surface area contributed by atoms with Gasteiger partial charge in [-0.1, -0.05) is 18.2 Å². The number of hydrogen-bond acceptors (Lipinski definition) is 6. The fourth-order valence-electron chi connectivity index (χ4n) is 3.54. The molecule has 4 rings (SSSR count). The summed E-state index contributed by atoms with van der Waals surface area (Å²) >= 11 is 0. The first kappa shape index (κ1) is 19.8. The van der Waals surface area contributed by atoms with Crippen molar-refractivity contribution in [3.05, 3.63) is 53.6 Å². The maximum absolute atomic E-state index is 12.5. The Labute approximate surface area is 173 Å². The highest BCUT2D eigenvalue weighted by Crippen LogP contribution is 2.34. The molecule has 156 valence electrons. The van der Waals surface area contributed by atoms with Crippen LogP contribution in [0.2, 0.25) is 0 Å². The van der Waals surface area contributed by atoms with Gasteiger partial charge in [-0.15, -0.1) is 0 Å². The van der Waals surface area contributed by atoms with E-state index in [4.69, 9.17) is 14.2 Å². The number of esters is 1. The van der Waals surface area contributed by atoms with Crippen molar-refractivity contribution in [3.63, 3.8) is 0 Å². The predicted molar refractivity (Wildman–Crippen MR) is 107 cm³/mol. The van der Waals surface area contributed by atoms with Crippen LogP contribution in [0.3, 0.4) is 0 Å². The molecule has 8 nitrogen and oxygen atoms in total. The Bertz CT molecular complexity index is 989. The van der Waals surface area contributed by atoms with Crippen LogP contribution in [-0.2, 0) is 14.3 Å². The molecule has 1 atom stereocenters. The van der Waals surface area contributed by atoms with Gasteiger partial charge in [0, 0.05) is 13.0 Å². The number of hydrogen-bond donors (Lipinski definition) is 1. The highest BCUT2D eigenvalue weighted by Gasteiger charge is 2.26. The molecule has 2 aromatic carbocycles. The van der Waals surface area contributed by atoms with Gasteiger partial charge in [0.05, 0.1) is 17.3 Å². The third-order valence-corrected chi connectivity index (χ3v) is 5.10. The fourth-order valence-corrected chi connectivity index (χ4v) is 3.54. The topological polar surface area (TPSA) is 94.2 Å². The number of nitrogens with one attached hydrogen (secondary N) is 1. The molecular formula is C22H22N2O6. The normalized spacial score (nSPS) is 15.8. The summed E-state index contributed by atoms with van der Waals surface area (Å²) in [6.45, 7) is 2.15. The zero-order valence-electron chi connectivity index (χ0n) is 16.6. The summed E-state index contributed by atoms with van der Waals surface area (Å²) in [5.41, 5.74) is 1.63. The van der Waals surface area contributed by atoms with E-state index in [1.807, 2.05) is 19.1 Å². The van der Waals surface area contributed by atoms with E-state index in [1.54, 1.807) is 35.2 Å². The summed E-state index contributed by atoms with van der Waals surface area (Å²) in [6, 6.07) is 11.9. The maximum atomic E-state index is 12.5. The number of amides is 2. The second-order valence-corrected chi connectivity index (χ2v) is 7.14. The van der Waals surface area contributed by atoms with Crippen molar-refractivity contribution >= 4 is 23.5 Å². The van der Waals surface area contributed by atoms with Gasteiger partial charge >= 0.3 is 5.97 Å². The lowest BCUT2D eigenvalue weighted by Gasteiger charge is -2.19. The van der Waals surface area contributed by atoms with E-state index < -0.39 is 18.5 Å². The lowest BCUT2D eigenvalue weighted by Crippen LogP contribution is -2.31. The van der Waals surface area contributed by atoms with Crippen LogP contribution in [-0.4, -0.2) is 37.7 Å². The Morgan fingerprint density at radius 2 is 1.97 bits per heavy atom. The molecule has 0 aromatic heterocycles. The monoisotopic (exact) mass is 410 g/mol. The molecule has 1 fully saturated rings. The zero-order valence-corrected chi connectivity index (χ0v) is 16.6. The van der Waals surface area contributed by atoms with Crippen molar-refractivity contribution in [2.75, 3.05) is 24.8 Å². The number of para-hydroxylation sites is 1. The largest absolute Gasteiger partial charge is 0.454 e. The second kappa shape index (κ2) is 8.44. The Morgan fingerprint density at radius 3 is 2.77 bits per heavy atom. The number of nitrogens with zero attached hydrogens (tertiary/aromatic N) is 1. The summed E-state index contributed by atoms with van der Waals surface area (Å²) in [4.78, 5) is 38.4. The van der Waals surface area contributed by atoms with E-state index in [0.29, 0.717) is 30.2 Å². The first-order valence-corrected chi connectivity index (χ1v) is 9.78. The first-order valence-electron chi connectivity index (χ1n) is 9.78. The summed E-state index contributed by atoms with van der Waals surface area (Å²) in [6.07, 6.45) is 1.21. The van der Waals surface area contributed by atoms with E-state index in [0.717, 1.165) is 12.0 Å². The summed E-state index contributed by atoms with van der Waals surface area (Å²) < 4.78 is 15.8. The molecule has 1 saturated heterocycles. The third-order valence-electron chi connectivity index (χ3n) is 5.10. The van der Waals surface area contributed by atoms with Gasteiger partial charge in [0.2, 0.25) is 12.7 Å². The first-order chi connectivity index (χ1) is 14.5. The van der Waals surface area contributed by atoms with E-state index in [1.165, 1.54) is 0 Å². The molecule has 0 aliphatic carbocycles. The van der Waals surface area contributed by atoms with Crippen LogP contribution in [0, 0.1) is 0 Å². The van der Waals surface area contributed by atoms with E-state index >= 15 is 0 Å². The number of ether oxygens (including phenoxy) is 3. The van der Waals surface area contributed by atoms with Crippen molar-refractivity contribution in [2.45, 2.75) is 25.8 Å². The predicted octanol–water partition coefficient (Wildman–Crippen LogP) is 2.58. The molecule has 1 N–H and O–H groups in total. The van der Waals surface area contributed by atoms with E-state index in [-0.39, 0.29) is 24.3 Å². The van der Waals surface area contributed by atoms with Gasteiger partial charge in [-0.05, 0) is 43.2 Å². The molecule has 0 saturated carbocycles. The molecule has 2 aliphatic heterocycles. The molecule has 0 radical (unpaired) electrons. The lowest BCUT2D eigenvalue weighted by atomic mass is 10.1. The van der Waals surface area contributed by atoms with Crippen LogP contribution in [0.1, 0.15) is 41.7 Å². The van der Waals surface area contributed by atoms with Crippen LogP contribution in [0.25, 0.3) is 0 Å². The average molecular weight is 410 g/mol. The minimum absolute atomic E-state index is 0.0226. The molecule has 2 amide bonds. The van der Waals surface area contributed by atoms with Crippen LogP contribution in [0.15, 0.2) is 42.5 Å². The lowest BCUT2D eigenvalue weighted by molar-refractivity contribution is -0.125. The Balaban J connectivity index is 1.35. The van der Waals surface area contributed by atoms with Crippen LogP contribution in [0.4, 0.5) is 5.69 Å². The number of rotatable bonds is 6. The van der Waals surface area contributed by atoms with Crippen LogP contribution < -0.4 is 19.7 Å². The molecule has 0 bridgehead atoms. The Kier molecular flexibility index (Phi) is 5.56. The Hall–Kier alpha value is -3.55. The number of carbonyl (C=O) groups excluding carboxylic acids is 3. The zero-order chi connectivity index (χ0) is 21.1. The molecular weight excluding hydrogens is 388 g/mol. The summed E-state index contributed by atoms with van der Waals surface area (Å²) in [5.74, 6) is 0.208. The Morgan fingerprint density at radius 1 is 1.17 bits per heavy atom. The van der Waals surface area contributed by atoms with Gasteiger partial charge in [-0.2, -0.15) is 0 Å².